The largest absolute Gasteiger partial charge is 0.478 e. The van der Waals surface area contributed by atoms with Crippen LogP contribution in [0.3, 0.4) is 0 Å². The van der Waals surface area contributed by atoms with Gasteiger partial charge < -0.3 is 15.7 Å². The maximum absolute atomic E-state index is 12.1. The first-order valence-electron chi connectivity index (χ1n) is 7.84. The van der Waals surface area contributed by atoms with E-state index in [1.165, 1.54) is 12.1 Å². The molecule has 0 radical (unpaired) electrons. The van der Waals surface area contributed by atoms with Crippen LogP contribution in [0.2, 0.25) is 0 Å². The highest BCUT2D eigenvalue weighted by Gasteiger charge is 2.21. The van der Waals surface area contributed by atoms with Crippen LogP contribution in [-0.2, 0) is 11.2 Å². The molecule has 1 atom stereocenters. The Morgan fingerprint density at radius 1 is 1.32 bits per heavy atom. The highest BCUT2D eigenvalue weighted by Crippen LogP contribution is 2.28. The topological polar surface area (TPSA) is 115 Å². The predicted octanol–water partition coefficient (Wildman–Crippen LogP) is 2.41. The van der Waals surface area contributed by atoms with Crippen molar-refractivity contribution in [3.05, 3.63) is 53.3 Å². The average molecular weight is 336 g/mol. The molecule has 25 heavy (non-hydrogen) atoms. The lowest BCUT2D eigenvalue weighted by Crippen LogP contribution is -2.23. The van der Waals surface area contributed by atoms with Crippen LogP contribution in [0.15, 0.2) is 36.5 Å². The fraction of sp³-hybridized carbons (Fsp3) is 0.222. The summed E-state index contributed by atoms with van der Waals surface area (Å²) in [5.41, 5.74) is 2.66. The van der Waals surface area contributed by atoms with E-state index in [0.717, 1.165) is 5.56 Å². The zero-order chi connectivity index (χ0) is 17.8. The number of aryl methyl sites for hydroxylation is 1. The van der Waals surface area contributed by atoms with Crippen molar-refractivity contribution in [2.75, 3.05) is 10.6 Å². The number of anilines is 2. The van der Waals surface area contributed by atoms with Crippen molar-refractivity contribution in [2.24, 2.45) is 0 Å². The van der Waals surface area contributed by atoms with E-state index < -0.39 is 5.97 Å². The molecule has 7 nitrogen and oxygen atoms in total. The molecule has 0 spiro atoms. The summed E-state index contributed by atoms with van der Waals surface area (Å²) in [6.07, 6.45) is 3.28. The summed E-state index contributed by atoms with van der Waals surface area (Å²) in [6.45, 7) is 0. The first-order chi connectivity index (χ1) is 12.0. The van der Waals surface area contributed by atoms with Crippen LogP contribution in [0.4, 0.5) is 11.4 Å². The van der Waals surface area contributed by atoms with Crippen molar-refractivity contribution in [1.29, 1.82) is 5.26 Å². The summed E-state index contributed by atoms with van der Waals surface area (Å²) in [6, 6.07) is 10.1. The van der Waals surface area contributed by atoms with Crippen LogP contribution in [0, 0.1) is 11.3 Å². The Balaban J connectivity index is 1.74. The molecular formula is C18H16N4O3. The summed E-state index contributed by atoms with van der Waals surface area (Å²) in [5.74, 6) is -1.20. The predicted molar refractivity (Wildman–Crippen MR) is 91.3 cm³/mol. The van der Waals surface area contributed by atoms with Gasteiger partial charge in [0.1, 0.15) is 11.8 Å². The number of benzene rings is 1. The molecule has 1 aliphatic heterocycles. The molecule has 3 rings (SSSR count). The molecule has 126 valence electrons. The lowest BCUT2D eigenvalue weighted by atomic mass is 10.0. The van der Waals surface area contributed by atoms with Crippen molar-refractivity contribution >= 4 is 23.3 Å². The van der Waals surface area contributed by atoms with Gasteiger partial charge in [-0.2, -0.15) is 5.26 Å². The molecule has 7 heteroatoms. The van der Waals surface area contributed by atoms with Crippen LogP contribution in [0.5, 0.6) is 0 Å². The van der Waals surface area contributed by atoms with Crippen molar-refractivity contribution in [2.45, 2.75) is 25.3 Å². The summed E-state index contributed by atoms with van der Waals surface area (Å²) in [5, 5.41) is 24.0. The Labute approximate surface area is 144 Å². The third-order valence-electron chi connectivity index (χ3n) is 4.05. The lowest BCUT2D eigenvalue weighted by molar-refractivity contribution is -0.116. The van der Waals surface area contributed by atoms with Crippen molar-refractivity contribution in [1.82, 2.24) is 4.98 Å². The molecule has 0 bridgehead atoms. The maximum Gasteiger partial charge on any atom is 0.335 e. The van der Waals surface area contributed by atoms with Crippen LogP contribution >= 0.6 is 0 Å². The quantitative estimate of drug-likeness (QED) is 0.790. The number of nitrogens with zero attached hydrogens (tertiary/aromatic N) is 2. The highest BCUT2D eigenvalue weighted by molar-refractivity contribution is 5.99. The molecule has 0 saturated heterocycles. The molecule has 1 aromatic heterocycles. The number of carboxylic acid groups (broad SMARTS) is 1. The monoisotopic (exact) mass is 336 g/mol. The Morgan fingerprint density at radius 3 is 2.92 bits per heavy atom. The van der Waals surface area contributed by atoms with Gasteiger partial charge in [-0.3, -0.25) is 4.79 Å². The number of hydrogen-bond donors (Lipinski definition) is 3. The number of aromatic carboxylic acids is 1. The Kier molecular flexibility index (Phi) is 4.61. The second-order valence-corrected chi connectivity index (χ2v) is 5.86. The molecule has 2 heterocycles. The minimum absolute atomic E-state index is 0.0874. The number of rotatable bonds is 4. The maximum atomic E-state index is 12.1. The van der Waals surface area contributed by atoms with Crippen molar-refractivity contribution < 1.29 is 14.7 Å². The molecule has 0 fully saturated rings. The van der Waals surface area contributed by atoms with Gasteiger partial charge in [0.15, 0.2) is 0 Å². The van der Waals surface area contributed by atoms with Gasteiger partial charge in [0.2, 0.25) is 5.91 Å². The first kappa shape index (κ1) is 16.5. The normalized spacial score (nSPS) is 16.0. The molecular weight excluding hydrogens is 320 g/mol. The van der Waals surface area contributed by atoms with E-state index in [1.54, 1.807) is 18.3 Å². The van der Waals surface area contributed by atoms with Gasteiger partial charge in [-0.05, 0) is 48.7 Å². The molecule has 1 aliphatic rings. The van der Waals surface area contributed by atoms with Gasteiger partial charge in [-0.15, -0.1) is 0 Å². The van der Waals surface area contributed by atoms with Crippen LogP contribution in [0.25, 0.3) is 0 Å². The van der Waals surface area contributed by atoms with E-state index in [4.69, 9.17) is 10.4 Å². The fourth-order valence-corrected chi connectivity index (χ4v) is 2.81. The van der Waals surface area contributed by atoms with Gasteiger partial charge >= 0.3 is 5.97 Å². The number of aromatic nitrogens is 1. The summed E-state index contributed by atoms with van der Waals surface area (Å²) in [7, 11) is 0. The van der Waals surface area contributed by atoms with Gasteiger partial charge in [-0.1, -0.05) is 0 Å². The third-order valence-corrected chi connectivity index (χ3v) is 4.05. The number of carbonyl (C=O) groups is 2. The summed E-state index contributed by atoms with van der Waals surface area (Å²) >= 11 is 0. The molecule has 2 aromatic rings. The Bertz CT molecular complexity index is 873. The number of carboxylic acids is 1. The van der Waals surface area contributed by atoms with Crippen molar-refractivity contribution in [3.63, 3.8) is 0 Å². The average Bonchev–Trinajstić information content (AvgIpc) is 2.76. The van der Waals surface area contributed by atoms with Crippen LogP contribution < -0.4 is 10.6 Å². The summed E-state index contributed by atoms with van der Waals surface area (Å²) < 4.78 is 0. The molecule has 1 aromatic carbocycles. The number of nitrogens with one attached hydrogen (secondary N) is 2. The van der Waals surface area contributed by atoms with E-state index in [2.05, 4.69) is 15.6 Å². The van der Waals surface area contributed by atoms with Gasteiger partial charge in [0.25, 0.3) is 0 Å². The van der Waals surface area contributed by atoms with Crippen LogP contribution in [-0.4, -0.2) is 28.0 Å². The van der Waals surface area contributed by atoms with Gasteiger partial charge in [0.05, 0.1) is 16.9 Å². The minimum Gasteiger partial charge on any atom is -0.478 e. The molecule has 0 saturated carbocycles. The molecule has 1 amide bonds. The van der Waals surface area contributed by atoms with E-state index in [1.807, 2.05) is 12.1 Å². The van der Waals surface area contributed by atoms with Crippen LogP contribution in [0.1, 0.15) is 34.5 Å². The Morgan fingerprint density at radius 2 is 2.16 bits per heavy atom. The smallest absolute Gasteiger partial charge is 0.335 e. The van der Waals surface area contributed by atoms with Gasteiger partial charge in [-0.25, -0.2) is 9.78 Å². The number of nitriles is 1. The second-order valence-electron chi connectivity index (χ2n) is 5.86. The minimum atomic E-state index is -1.04. The SMILES string of the molecule is N#Cc1cc(CCC2CC(=O)Nc3cc(C(=O)O)ccc3N2)ccn1. The third kappa shape index (κ3) is 3.93. The second kappa shape index (κ2) is 7.01. The molecule has 3 N–H and O–H groups in total. The zero-order valence-corrected chi connectivity index (χ0v) is 13.3. The molecule has 1 unspecified atom stereocenters. The fourth-order valence-electron chi connectivity index (χ4n) is 2.81. The molecule has 0 aliphatic carbocycles. The Hall–Kier alpha value is -3.40. The van der Waals surface area contributed by atoms with E-state index in [-0.39, 0.29) is 23.9 Å². The van der Waals surface area contributed by atoms with E-state index in [9.17, 15) is 9.59 Å². The standard InChI is InChI=1S/C18H16N4O3/c19-10-14-7-11(5-6-20-14)1-3-13-9-17(23)22-16-8-12(18(24)25)2-4-15(16)21-13/h2,4-8,13,21H,1,3,9H2,(H,22,23)(H,24,25). The van der Waals surface area contributed by atoms with Gasteiger partial charge in [0, 0.05) is 18.7 Å². The number of amides is 1. The zero-order valence-electron chi connectivity index (χ0n) is 13.3. The lowest BCUT2D eigenvalue weighted by Gasteiger charge is -2.17. The van der Waals surface area contributed by atoms with E-state index in [0.29, 0.717) is 29.9 Å². The number of carbonyl (C=O) groups excluding carboxylic acids is 1. The number of hydrogen-bond acceptors (Lipinski definition) is 5. The first-order valence-corrected chi connectivity index (χ1v) is 7.84. The number of pyridine rings is 1. The van der Waals surface area contributed by atoms with Crippen molar-refractivity contribution in [3.8, 4) is 6.07 Å². The summed E-state index contributed by atoms with van der Waals surface area (Å²) in [4.78, 5) is 27.1. The highest BCUT2D eigenvalue weighted by atomic mass is 16.4. The van der Waals surface area contributed by atoms with E-state index >= 15 is 0 Å². The number of fused-ring (bicyclic) bond motifs is 1.